The van der Waals surface area contributed by atoms with Crippen LogP contribution in [0.5, 0.6) is 0 Å². The number of carboxylic acids is 1. The van der Waals surface area contributed by atoms with Gasteiger partial charge < -0.3 is 15.7 Å². The molecule has 0 bridgehead atoms. The van der Waals surface area contributed by atoms with E-state index in [0.717, 1.165) is 6.42 Å². The lowest BCUT2D eigenvalue weighted by Crippen LogP contribution is -2.36. The number of halogens is 2. The quantitative estimate of drug-likeness (QED) is 0.795. The molecule has 7 heteroatoms. The molecule has 0 aliphatic heterocycles. The highest BCUT2D eigenvalue weighted by Crippen LogP contribution is 2.30. The fourth-order valence-electron chi connectivity index (χ4n) is 1.34. The van der Waals surface area contributed by atoms with E-state index in [0.29, 0.717) is 0 Å². The normalized spacial score (nSPS) is 11.8. The van der Waals surface area contributed by atoms with E-state index in [9.17, 15) is 9.59 Å². The molecular formula is C12H14Cl2N2O3. The number of carbonyl (C=O) groups excluding carboxylic acids is 1. The van der Waals surface area contributed by atoms with Crippen LogP contribution in [0.3, 0.4) is 0 Å². The van der Waals surface area contributed by atoms with Gasteiger partial charge in [-0.15, -0.1) is 0 Å². The molecule has 1 aromatic carbocycles. The number of aromatic carboxylic acids is 1. The minimum Gasteiger partial charge on any atom is -0.478 e. The molecule has 1 atom stereocenters. The van der Waals surface area contributed by atoms with Gasteiger partial charge in [0.2, 0.25) is 0 Å². The molecule has 0 saturated carbocycles. The van der Waals surface area contributed by atoms with Crippen molar-refractivity contribution in [2.24, 2.45) is 0 Å². The Kier molecular flexibility index (Phi) is 5.44. The van der Waals surface area contributed by atoms with Crippen molar-refractivity contribution in [1.29, 1.82) is 0 Å². The van der Waals surface area contributed by atoms with Crippen molar-refractivity contribution in [2.75, 3.05) is 5.32 Å². The summed E-state index contributed by atoms with van der Waals surface area (Å²) in [7, 11) is 0. The Morgan fingerprint density at radius 1 is 1.37 bits per heavy atom. The fourth-order valence-corrected chi connectivity index (χ4v) is 1.89. The predicted molar refractivity (Wildman–Crippen MR) is 75.3 cm³/mol. The van der Waals surface area contributed by atoms with Crippen LogP contribution < -0.4 is 10.6 Å². The van der Waals surface area contributed by atoms with Crippen molar-refractivity contribution in [2.45, 2.75) is 26.3 Å². The molecule has 1 unspecified atom stereocenters. The van der Waals surface area contributed by atoms with E-state index in [1.54, 1.807) is 0 Å². The van der Waals surface area contributed by atoms with E-state index in [-0.39, 0.29) is 27.3 Å². The maximum atomic E-state index is 11.7. The van der Waals surface area contributed by atoms with Gasteiger partial charge in [-0.1, -0.05) is 30.1 Å². The molecule has 0 aliphatic rings. The van der Waals surface area contributed by atoms with Gasteiger partial charge >= 0.3 is 12.0 Å². The zero-order valence-corrected chi connectivity index (χ0v) is 12.0. The average molecular weight is 305 g/mol. The topological polar surface area (TPSA) is 78.4 Å². The van der Waals surface area contributed by atoms with Crippen molar-refractivity contribution in [3.63, 3.8) is 0 Å². The lowest BCUT2D eigenvalue weighted by Gasteiger charge is -2.15. The van der Waals surface area contributed by atoms with E-state index in [1.807, 2.05) is 13.8 Å². The number of amides is 2. The first-order valence-electron chi connectivity index (χ1n) is 5.65. The molecule has 1 rings (SSSR count). The first kappa shape index (κ1) is 15.6. The molecule has 19 heavy (non-hydrogen) atoms. The Morgan fingerprint density at radius 2 is 2.00 bits per heavy atom. The SMILES string of the molecule is CCC(C)NC(=O)Nc1c(Cl)cc(Cl)cc1C(=O)O. The Labute approximate surface area is 120 Å². The fraction of sp³-hybridized carbons (Fsp3) is 0.333. The van der Waals surface area contributed by atoms with Crippen molar-refractivity contribution in [3.8, 4) is 0 Å². The van der Waals surface area contributed by atoms with Crippen molar-refractivity contribution in [1.82, 2.24) is 5.32 Å². The van der Waals surface area contributed by atoms with Crippen LogP contribution in [0.2, 0.25) is 10.0 Å². The molecule has 3 N–H and O–H groups in total. The van der Waals surface area contributed by atoms with E-state index < -0.39 is 12.0 Å². The van der Waals surface area contributed by atoms with Crippen molar-refractivity contribution < 1.29 is 14.7 Å². The van der Waals surface area contributed by atoms with Crippen molar-refractivity contribution >= 4 is 40.9 Å². The predicted octanol–water partition coefficient (Wildman–Crippen LogP) is 3.61. The molecule has 0 aliphatic carbocycles. The number of carboxylic acid groups (broad SMARTS) is 1. The number of hydrogen-bond acceptors (Lipinski definition) is 2. The average Bonchev–Trinajstić information content (AvgIpc) is 2.31. The Hall–Kier alpha value is -1.46. The molecule has 0 aromatic heterocycles. The van der Waals surface area contributed by atoms with Crippen LogP contribution in [0.25, 0.3) is 0 Å². The van der Waals surface area contributed by atoms with Gasteiger partial charge in [0, 0.05) is 11.1 Å². The number of urea groups is 1. The third-order valence-electron chi connectivity index (χ3n) is 2.51. The molecule has 104 valence electrons. The molecule has 2 amide bonds. The van der Waals surface area contributed by atoms with Gasteiger partial charge in [0.05, 0.1) is 16.3 Å². The van der Waals surface area contributed by atoms with Crippen molar-refractivity contribution in [3.05, 3.63) is 27.7 Å². The minimum absolute atomic E-state index is 0.0272. The second-order valence-corrected chi connectivity index (χ2v) is 4.87. The third-order valence-corrected chi connectivity index (χ3v) is 3.03. The standard InChI is InChI=1S/C12H14Cl2N2O3/c1-3-6(2)15-12(19)16-10-8(11(17)18)4-7(13)5-9(10)14/h4-6H,3H2,1-2H3,(H,17,18)(H2,15,16,19). The molecular weight excluding hydrogens is 291 g/mol. The van der Waals surface area contributed by atoms with Crippen LogP contribution in [0.1, 0.15) is 30.6 Å². The van der Waals surface area contributed by atoms with Crippen LogP contribution in [0.4, 0.5) is 10.5 Å². The summed E-state index contributed by atoms with van der Waals surface area (Å²) in [4.78, 5) is 22.8. The summed E-state index contributed by atoms with van der Waals surface area (Å²) < 4.78 is 0. The first-order valence-corrected chi connectivity index (χ1v) is 6.40. The number of anilines is 1. The largest absolute Gasteiger partial charge is 0.478 e. The van der Waals surface area contributed by atoms with Gasteiger partial charge in [0.25, 0.3) is 0 Å². The minimum atomic E-state index is -1.22. The van der Waals surface area contributed by atoms with Crippen LogP contribution >= 0.6 is 23.2 Å². The maximum absolute atomic E-state index is 11.7. The summed E-state index contributed by atoms with van der Waals surface area (Å²) in [5.74, 6) is -1.22. The number of hydrogen-bond donors (Lipinski definition) is 3. The van der Waals surface area contributed by atoms with E-state index in [4.69, 9.17) is 28.3 Å². The summed E-state index contributed by atoms with van der Waals surface area (Å²) >= 11 is 11.6. The van der Waals surface area contributed by atoms with E-state index in [2.05, 4.69) is 10.6 Å². The zero-order chi connectivity index (χ0) is 14.6. The monoisotopic (exact) mass is 304 g/mol. The van der Waals surface area contributed by atoms with Gasteiger partial charge in [-0.2, -0.15) is 0 Å². The summed E-state index contributed by atoms with van der Waals surface area (Å²) in [5, 5.41) is 14.4. The second kappa shape index (κ2) is 6.63. The third kappa shape index (κ3) is 4.29. The molecule has 5 nitrogen and oxygen atoms in total. The van der Waals surface area contributed by atoms with E-state index in [1.165, 1.54) is 12.1 Å². The van der Waals surface area contributed by atoms with E-state index >= 15 is 0 Å². The Bertz CT molecular complexity index is 506. The lowest BCUT2D eigenvalue weighted by molar-refractivity contribution is 0.0698. The van der Waals surface area contributed by atoms with Crippen LogP contribution in [-0.4, -0.2) is 23.1 Å². The number of carbonyl (C=O) groups is 2. The smallest absolute Gasteiger partial charge is 0.337 e. The Balaban J connectivity index is 3.00. The van der Waals surface area contributed by atoms with Gasteiger partial charge in [-0.05, 0) is 25.5 Å². The number of benzene rings is 1. The molecule has 0 heterocycles. The van der Waals surface area contributed by atoms with Gasteiger partial charge in [0.1, 0.15) is 0 Å². The van der Waals surface area contributed by atoms with Crippen LogP contribution in [0.15, 0.2) is 12.1 Å². The maximum Gasteiger partial charge on any atom is 0.337 e. The summed E-state index contributed by atoms with van der Waals surface area (Å²) in [6, 6.07) is 2.06. The molecule has 0 radical (unpaired) electrons. The summed E-state index contributed by atoms with van der Waals surface area (Å²) in [5.41, 5.74) is -0.129. The molecule has 0 spiro atoms. The molecule has 0 fully saturated rings. The molecule has 1 aromatic rings. The van der Waals surface area contributed by atoms with Crippen LogP contribution in [-0.2, 0) is 0 Å². The summed E-state index contributed by atoms with van der Waals surface area (Å²) in [6.45, 7) is 3.75. The molecule has 0 saturated heterocycles. The second-order valence-electron chi connectivity index (χ2n) is 4.02. The highest BCUT2D eigenvalue weighted by molar-refractivity contribution is 6.37. The number of nitrogens with one attached hydrogen (secondary N) is 2. The summed E-state index contributed by atoms with van der Waals surface area (Å²) in [6.07, 6.45) is 0.757. The van der Waals surface area contributed by atoms with Gasteiger partial charge in [0.15, 0.2) is 0 Å². The van der Waals surface area contributed by atoms with Gasteiger partial charge in [-0.25, -0.2) is 9.59 Å². The zero-order valence-electron chi connectivity index (χ0n) is 10.5. The number of rotatable bonds is 4. The first-order chi connectivity index (χ1) is 8.85. The Morgan fingerprint density at radius 3 is 2.53 bits per heavy atom. The van der Waals surface area contributed by atoms with Crippen LogP contribution in [0, 0.1) is 0 Å². The lowest BCUT2D eigenvalue weighted by atomic mass is 10.2. The highest BCUT2D eigenvalue weighted by Gasteiger charge is 2.17. The highest BCUT2D eigenvalue weighted by atomic mass is 35.5. The van der Waals surface area contributed by atoms with Gasteiger partial charge in [-0.3, -0.25) is 0 Å².